The third-order valence-electron chi connectivity index (χ3n) is 5.78. The molecular formula is C23H24N4O4. The molecule has 0 spiro atoms. The highest BCUT2D eigenvalue weighted by molar-refractivity contribution is 5.94. The molecule has 5 rings (SSSR count). The van der Waals surface area contributed by atoms with Gasteiger partial charge in [0.1, 0.15) is 13.2 Å². The Kier molecular flexibility index (Phi) is 4.97. The summed E-state index contributed by atoms with van der Waals surface area (Å²) in [5.74, 6) is 1.86. The van der Waals surface area contributed by atoms with E-state index in [0.29, 0.717) is 79.9 Å². The van der Waals surface area contributed by atoms with Crippen LogP contribution in [0.3, 0.4) is 0 Å². The maximum absolute atomic E-state index is 13.2. The Morgan fingerprint density at radius 2 is 1.68 bits per heavy atom. The third kappa shape index (κ3) is 3.48. The average molecular weight is 420 g/mol. The van der Waals surface area contributed by atoms with Crippen LogP contribution in [0.25, 0.3) is 10.9 Å². The van der Waals surface area contributed by atoms with Crippen LogP contribution in [0.2, 0.25) is 0 Å². The van der Waals surface area contributed by atoms with E-state index >= 15 is 0 Å². The summed E-state index contributed by atoms with van der Waals surface area (Å²) in [7, 11) is 0. The molecule has 2 aliphatic heterocycles. The molecule has 0 N–H and O–H groups in total. The van der Waals surface area contributed by atoms with Crippen LogP contribution in [-0.2, 0) is 6.54 Å². The van der Waals surface area contributed by atoms with Gasteiger partial charge in [-0.15, -0.1) is 0 Å². The van der Waals surface area contributed by atoms with Gasteiger partial charge < -0.3 is 19.3 Å². The van der Waals surface area contributed by atoms with Gasteiger partial charge in [-0.3, -0.25) is 14.2 Å². The van der Waals surface area contributed by atoms with Crippen molar-refractivity contribution in [1.29, 1.82) is 0 Å². The van der Waals surface area contributed by atoms with Gasteiger partial charge in [-0.05, 0) is 25.1 Å². The molecule has 0 radical (unpaired) electrons. The molecule has 0 atom stereocenters. The van der Waals surface area contributed by atoms with Gasteiger partial charge in [-0.2, -0.15) is 0 Å². The number of rotatable bonds is 3. The van der Waals surface area contributed by atoms with E-state index in [-0.39, 0.29) is 11.5 Å². The first-order valence-electron chi connectivity index (χ1n) is 10.6. The quantitative estimate of drug-likeness (QED) is 0.646. The standard InChI is InChI=1S/C23H24N4O4/c1-2-27-22(29)17-14-19-20(31-13-12-30-19)15-18(17)24-23(27)26-10-8-25(9-11-26)21(28)16-6-4-3-5-7-16/h3-7,14-15H,2,8-13H2,1H3. The van der Waals surface area contributed by atoms with Crippen molar-refractivity contribution in [3.8, 4) is 11.5 Å². The molecule has 1 amide bonds. The van der Waals surface area contributed by atoms with Crippen LogP contribution >= 0.6 is 0 Å². The van der Waals surface area contributed by atoms with E-state index in [2.05, 4.69) is 4.90 Å². The molecule has 2 aromatic carbocycles. The van der Waals surface area contributed by atoms with Crippen molar-refractivity contribution in [1.82, 2.24) is 14.5 Å². The second-order valence-electron chi connectivity index (χ2n) is 7.62. The Bertz CT molecular complexity index is 1180. The fourth-order valence-electron chi connectivity index (χ4n) is 4.15. The second-order valence-corrected chi connectivity index (χ2v) is 7.62. The molecular weight excluding hydrogens is 396 g/mol. The number of hydrogen-bond acceptors (Lipinski definition) is 6. The second kappa shape index (κ2) is 7.94. The highest BCUT2D eigenvalue weighted by Crippen LogP contribution is 2.33. The molecule has 0 bridgehead atoms. The minimum atomic E-state index is -0.0951. The average Bonchev–Trinajstić information content (AvgIpc) is 2.83. The van der Waals surface area contributed by atoms with Gasteiger partial charge in [0.2, 0.25) is 5.95 Å². The van der Waals surface area contributed by atoms with Crippen LogP contribution in [0.5, 0.6) is 11.5 Å². The summed E-state index contributed by atoms with van der Waals surface area (Å²) in [6.45, 7) is 5.77. The van der Waals surface area contributed by atoms with Crippen LogP contribution in [0.15, 0.2) is 47.3 Å². The first-order chi connectivity index (χ1) is 15.2. The van der Waals surface area contributed by atoms with E-state index in [1.54, 1.807) is 16.7 Å². The number of nitrogens with zero attached hydrogens (tertiary/aromatic N) is 4. The number of amides is 1. The van der Waals surface area contributed by atoms with Crippen LogP contribution in [-0.4, -0.2) is 59.8 Å². The lowest BCUT2D eigenvalue weighted by molar-refractivity contribution is 0.0746. The molecule has 0 unspecified atom stereocenters. The van der Waals surface area contributed by atoms with E-state index in [1.807, 2.05) is 42.2 Å². The smallest absolute Gasteiger partial charge is 0.262 e. The molecule has 1 fully saturated rings. The molecule has 0 aliphatic carbocycles. The maximum Gasteiger partial charge on any atom is 0.262 e. The molecule has 1 aromatic heterocycles. The lowest BCUT2D eigenvalue weighted by Crippen LogP contribution is -2.50. The Morgan fingerprint density at radius 3 is 2.35 bits per heavy atom. The summed E-state index contributed by atoms with van der Waals surface area (Å²) in [5, 5.41) is 0.521. The maximum atomic E-state index is 13.2. The van der Waals surface area contributed by atoms with Crippen LogP contribution < -0.4 is 19.9 Å². The summed E-state index contributed by atoms with van der Waals surface area (Å²) < 4.78 is 13.0. The fraction of sp³-hybridized carbons (Fsp3) is 0.348. The summed E-state index contributed by atoms with van der Waals surface area (Å²) in [4.78, 5) is 34.7. The Morgan fingerprint density at radius 1 is 1.00 bits per heavy atom. The largest absolute Gasteiger partial charge is 0.486 e. The van der Waals surface area contributed by atoms with Gasteiger partial charge in [0, 0.05) is 44.4 Å². The number of benzene rings is 2. The van der Waals surface area contributed by atoms with Crippen molar-refractivity contribution in [3.63, 3.8) is 0 Å². The summed E-state index contributed by atoms with van der Waals surface area (Å²) in [5.41, 5.74) is 1.19. The summed E-state index contributed by atoms with van der Waals surface area (Å²) in [6, 6.07) is 12.8. The number of hydrogen-bond donors (Lipinski definition) is 0. The van der Waals surface area contributed by atoms with Gasteiger partial charge in [0.05, 0.1) is 10.9 Å². The van der Waals surface area contributed by atoms with Gasteiger partial charge in [0.15, 0.2) is 11.5 Å². The van der Waals surface area contributed by atoms with E-state index in [9.17, 15) is 9.59 Å². The molecule has 3 heterocycles. The van der Waals surface area contributed by atoms with Gasteiger partial charge in [-0.25, -0.2) is 4.98 Å². The molecule has 2 aliphatic rings. The molecule has 1 saturated heterocycles. The zero-order valence-corrected chi connectivity index (χ0v) is 17.4. The molecule has 8 heteroatoms. The first kappa shape index (κ1) is 19.4. The van der Waals surface area contributed by atoms with E-state index in [1.165, 1.54) is 0 Å². The topological polar surface area (TPSA) is 76.9 Å². The van der Waals surface area contributed by atoms with Gasteiger partial charge >= 0.3 is 0 Å². The lowest BCUT2D eigenvalue weighted by atomic mass is 10.2. The highest BCUT2D eigenvalue weighted by Gasteiger charge is 2.26. The van der Waals surface area contributed by atoms with Crippen molar-refractivity contribution >= 4 is 22.8 Å². The Balaban J connectivity index is 1.44. The van der Waals surface area contributed by atoms with Crippen molar-refractivity contribution < 1.29 is 14.3 Å². The Hall–Kier alpha value is -3.55. The zero-order chi connectivity index (χ0) is 21.4. The summed E-state index contributed by atoms with van der Waals surface area (Å²) >= 11 is 0. The number of fused-ring (bicyclic) bond motifs is 2. The first-order valence-corrected chi connectivity index (χ1v) is 10.6. The predicted molar refractivity (Wildman–Crippen MR) is 117 cm³/mol. The summed E-state index contributed by atoms with van der Waals surface area (Å²) in [6.07, 6.45) is 0. The fourth-order valence-corrected chi connectivity index (χ4v) is 4.15. The van der Waals surface area contributed by atoms with Crippen molar-refractivity contribution in [2.24, 2.45) is 0 Å². The van der Waals surface area contributed by atoms with E-state index in [4.69, 9.17) is 14.5 Å². The number of carbonyl (C=O) groups is 1. The van der Waals surface area contributed by atoms with Crippen LogP contribution in [0.1, 0.15) is 17.3 Å². The predicted octanol–water partition coefficient (Wildman–Crippen LogP) is 2.15. The number of anilines is 1. The van der Waals surface area contributed by atoms with E-state index in [0.717, 1.165) is 0 Å². The SMILES string of the molecule is CCn1c(N2CCN(C(=O)c3ccccc3)CC2)nc2cc3c(cc2c1=O)OCCO3. The molecule has 3 aromatic rings. The lowest BCUT2D eigenvalue weighted by Gasteiger charge is -2.36. The normalized spacial score (nSPS) is 15.9. The zero-order valence-electron chi connectivity index (χ0n) is 17.4. The van der Waals surface area contributed by atoms with Crippen LogP contribution in [0.4, 0.5) is 5.95 Å². The van der Waals surface area contributed by atoms with E-state index < -0.39 is 0 Å². The minimum absolute atomic E-state index is 0.0309. The number of carbonyl (C=O) groups excluding carboxylic acids is 1. The number of aromatic nitrogens is 2. The molecule has 8 nitrogen and oxygen atoms in total. The minimum Gasteiger partial charge on any atom is -0.486 e. The van der Waals surface area contributed by atoms with Crippen LogP contribution in [0, 0.1) is 0 Å². The van der Waals surface area contributed by atoms with Crippen molar-refractivity contribution in [3.05, 3.63) is 58.4 Å². The van der Waals surface area contributed by atoms with Gasteiger partial charge in [0.25, 0.3) is 11.5 Å². The monoisotopic (exact) mass is 420 g/mol. The number of piperazine rings is 1. The Labute approximate surface area is 179 Å². The molecule has 160 valence electrons. The third-order valence-corrected chi connectivity index (χ3v) is 5.78. The van der Waals surface area contributed by atoms with Crippen molar-refractivity contribution in [2.75, 3.05) is 44.3 Å². The molecule has 0 saturated carbocycles. The van der Waals surface area contributed by atoms with Gasteiger partial charge in [-0.1, -0.05) is 18.2 Å². The highest BCUT2D eigenvalue weighted by atomic mass is 16.6. The number of ether oxygens (including phenoxy) is 2. The van der Waals surface area contributed by atoms with Crippen molar-refractivity contribution in [2.45, 2.75) is 13.5 Å². The molecule has 31 heavy (non-hydrogen) atoms.